The van der Waals surface area contributed by atoms with Crippen LogP contribution in [0, 0.1) is 0 Å². The second kappa shape index (κ2) is 7.78. The Labute approximate surface area is 125 Å². The van der Waals surface area contributed by atoms with Gasteiger partial charge >= 0.3 is 0 Å². The minimum Gasteiger partial charge on any atom is -0.497 e. The third kappa shape index (κ3) is 4.56. The summed E-state index contributed by atoms with van der Waals surface area (Å²) in [5.74, 6) is 2.27. The van der Waals surface area contributed by atoms with Crippen molar-refractivity contribution < 1.29 is 9.26 Å². The fraction of sp³-hybridized carbons (Fsp3) is 0.500. The quantitative estimate of drug-likeness (QED) is 0.809. The predicted octanol–water partition coefficient (Wildman–Crippen LogP) is 2.60. The van der Waals surface area contributed by atoms with Gasteiger partial charge in [-0.1, -0.05) is 30.6 Å². The molecule has 114 valence electrons. The van der Waals surface area contributed by atoms with Crippen molar-refractivity contribution in [2.24, 2.45) is 0 Å². The van der Waals surface area contributed by atoms with Gasteiger partial charge in [-0.2, -0.15) is 4.98 Å². The molecule has 0 aliphatic carbocycles. The highest BCUT2D eigenvalue weighted by atomic mass is 16.5. The lowest BCUT2D eigenvalue weighted by Crippen LogP contribution is -2.27. The zero-order chi connectivity index (χ0) is 15.1. The highest BCUT2D eigenvalue weighted by molar-refractivity contribution is 5.28. The number of nitrogens with zero attached hydrogens (tertiary/aromatic N) is 2. The van der Waals surface area contributed by atoms with Gasteiger partial charge in [-0.15, -0.1) is 0 Å². The van der Waals surface area contributed by atoms with Crippen molar-refractivity contribution >= 4 is 0 Å². The maximum atomic E-state index is 5.33. The van der Waals surface area contributed by atoms with E-state index in [1.807, 2.05) is 31.3 Å². The van der Waals surface area contributed by atoms with Crippen molar-refractivity contribution in [3.63, 3.8) is 0 Å². The topological polar surface area (TPSA) is 60.2 Å². The number of hydrogen-bond donors (Lipinski definition) is 1. The minimum atomic E-state index is 0.393. The van der Waals surface area contributed by atoms with Gasteiger partial charge in [-0.05, 0) is 31.2 Å². The van der Waals surface area contributed by atoms with Crippen LogP contribution in [0.2, 0.25) is 0 Å². The Morgan fingerprint density at radius 1 is 1.29 bits per heavy atom. The first-order valence-corrected chi connectivity index (χ1v) is 7.36. The number of nitrogens with one attached hydrogen (secondary N) is 1. The first-order chi connectivity index (χ1) is 10.2. The largest absolute Gasteiger partial charge is 0.497 e. The zero-order valence-corrected chi connectivity index (χ0v) is 12.9. The third-order valence-corrected chi connectivity index (χ3v) is 3.50. The molecule has 2 rings (SSSR count). The average Bonchev–Trinajstić information content (AvgIpc) is 2.94. The molecule has 0 fully saturated rings. The van der Waals surface area contributed by atoms with Crippen molar-refractivity contribution in [2.75, 3.05) is 14.2 Å². The van der Waals surface area contributed by atoms with E-state index >= 15 is 0 Å². The number of hydrogen-bond acceptors (Lipinski definition) is 5. The smallest absolute Gasteiger partial charge is 0.228 e. The third-order valence-electron chi connectivity index (χ3n) is 3.50. The van der Waals surface area contributed by atoms with Crippen LogP contribution in [0.4, 0.5) is 0 Å². The summed E-state index contributed by atoms with van der Waals surface area (Å²) in [7, 11) is 3.63. The Bertz CT molecular complexity index is 537. The Balaban J connectivity index is 1.95. The molecule has 5 heteroatoms. The molecule has 0 spiro atoms. The van der Waals surface area contributed by atoms with E-state index in [1.54, 1.807) is 7.11 Å². The molecule has 2 aromatic rings. The lowest BCUT2D eigenvalue weighted by atomic mass is 10.1. The second-order valence-corrected chi connectivity index (χ2v) is 5.11. The van der Waals surface area contributed by atoms with Crippen LogP contribution in [0.15, 0.2) is 28.8 Å². The molecule has 1 unspecified atom stereocenters. The summed E-state index contributed by atoms with van der Waals surface area (Å²) in [6, 6.07) is 8.30. The summed E-state index contributed by atoms with van der Waals surface area (Å²) in [4.78, 5) is 4.47. The highest BCUT2D eigenvalue weighted by Crippen LogP contribution is 2.14. The van der Waals surface area contributed by atoms with Gasteiger partial charge in [0.25, 0.3) is 0 Å². The van der Waals surface area contributed by atoms with Crippen LogP contribution in [-0.2, 0) is 12.8 Å². The van der Waals surface area contributed by atoms with Gasteiger partial charge in [0.05, 0.1) is 7.11 Å². The molecule has 1 heterocycles. The van der Waals surface area contributed by atoms with Crippen LogP contribution >= 0.6 is 0 Å². The fourth-order valence-corrected chi connectivity index (χ4v) is 2.28. The molecule has 0 saturated carbocycles. The van der Waals surface area contributed by atoms with Crippen LogP contribution < -0.4 is 10.1 Å². The first-order valence-electron chi connectivity index (χ1n) is 7.36. The predicted molar refractivity (Wildman–Crippen MR) is 81.6 cm³/mol. The van der Waals surface area contributed by atoms with Gasteiger partial charge in [0, 0.05) is 18.9 Å². The van der Waals surface area contributed by atoms with E-state index in [-0.39, 0.29) is 0 Å². The molecule has 5 nitrogen and oxygen atoms in total. The summed E-state index contributed by atoms with van der Waals surface area (Å²) in [5.41, 5.74) is 1.14. The molecule has 0 aliphatic heterocycles. The Kier molecular flexibility index (Phi) is 5.75. The molecule has 1 atom stereocenters. The van der Waals surface area contributed by atoms with Crippen LogP contribution in [0.25, 0.3) is 0 Å². The maximum Gasteiger partial charge on any atom is 0.228 e. The van der Waals surface area contributed by atoms with E-state index < -0.39 is 0 Å². The summed E-state index contributed by atoms with van der Waals surface area (Å²) in [6.45, 7) is 2.17. The summed E-state index contributed by atoms with van der Waals surface area (Å²) >= 11 is 0. The van der Waals surface area contributed by atoms with Crippen LogP contribution in [-0.4, -0.2) is 30.3 Å². The normalized spacial score (nSPS) is 12.3. The van der Waals surface area contributed by atoms with Crippen molar-refractivity contribution in [2.45, 2.75) is 38.6 Å². The van der Waals surface area contributed by atoms with E-state index in [0.717, 1.165) is 36.4 Å². The van der Waals surface area contributed by atoms with E-state index in [0.29, 0.717) is 18.4 Å². The number of rotatable bonds is 8. The van der Waals surface area contributed by atoms with Crippen LogP contribution in [0.5, 0.6) is 5.75 Å². The number of aromatic nitrogens is 2. The van der Waals surface area contributed by atoms with Gasteiger partial charge in [-0.25, -0.2) is 0 Å². The monoisotopic (exact) mass is 289 g/mol. The van der Waals surface area contributed by atoms with Gasteiger partial charge in [0.1, 0.15) is 5.75 Å². The van der Waals surface area contributed by atoms with Crippen LogP contribution in [0.1, 0.15) is 37.0 Å². The Morgan fingerprint density at radius 3 is 2.67 bits per heavy atom. The molecule has 1 N–H and O–H groups in total. The lowest BCUT2D eigenvalue weighted by molar-refractivity contribution is 0.352. The van der Waals surface area contributed by atoms with Gasteiger partial charge in [-0.3, -0.25) is 0 Å². The Hall–Kier alpha value is -1.88. The van der Waals surface area contributed by atoms with Gasteiger partial charge < -0.3 is 14.6 Å². The SMILES string of the molecule is CCCC(Cc1nc(Cc2ccc(OC)cc2)no1)NC. The number of benzene rings is 1. The standard InChI is InChI=1S/C16H23N3O2/c1-4-5-13(17-2)11-16-18-15(19-21-16)10-12-6-8-14(20-3)9-7-12/h6-9,13,17H,4-5,10-11H2,1-3H3. The van der Waals surface area contributed by atoms with Crippen molar-refractivity contribution in [3.8, 4) is 5.75 Å². The summed E-state index contributed by atoms with van der Waals surface area (Å²) < 4.78 is 10.5. The second-order valence-electron chi connectivity index (χ2n) is 5.11. The summed E-state index contributed by atoms with van der Waals surface area (Å²) in [6.07, 6.45) is 3.69. The molecule has 1 aromatic carbocycles. The molecule has 0 amide bonds. The molecule has 1 aromatic heterocycles. The molecular formula is C16H23N3O2. The Morgan fingerprint density at radius 2 is 2.05 bits per heavy atom. The first kappa shape index (κ1) is 15.5. The van der Waals surface area contributed by atoms with E-state index in [2.05, 4.69) is 22.4 Å². The van der Waals surface area contributed by atoms with Crippen molar-refractivity contribution in [1.82, 2.24) is 15.5 Å². The van der Waals surface area contributed by atoms with Gasteiger partial charge in [0.15, 0.2) is 5.82 Å². The average molecular weight is 289 g/mol. The number of likely N-dealkylation sites (N-methyl/N-ethyl adjacent to an activating group) is 1. The molecule has 0 bridgehead atoms. The van der Waals surface area contributed by atoms with E-state index in [4.69, 9.17) is 9.26 Å². The minimum absolute atomic E-state index is 0.393. The molecule has 0 radical (unpaired) electrons. The molecule has 0 aliphatic rings. The van der Waals surface area contributed by atoms with Crippen molar-refractivity contribution in [3.05, 3.63) is 41.5 Å². The molecule has 21 heavy (non-hydrogen) atoms. The van der Waals surface area contributed by atoms with Crippen LogP contribution in [0.3, 0.4) is 0 Å². The highest BCUT2D eigenvalue weighted by Gasteiger charge is 2.12. The van der Waals surface area contributed by atoms with E-state index in [9.17, 15) is 0 Å². The molecule has 0 saturated heterocycles. The fourth-order valence-electron chi connectivity index (χ4n) is 2.28. The molecular weight excluding hydrogens is 266 g/mol. The van der Waals surface area contributed by atoms with Crippen molar-refractivity contribution in [1.29, 1.82) is 0 Å². The zero-order valence-electron chi connectivity index (χ0n) is 12.9. The number of ether oxygens (including phenoxy) is 1. The lowest BCUT2D eigenvalue weighted by Gasteiger charge is -2.11. The summed E-state index contributed by atoms with van der Waals surface area (Å²) in [5, 5.41) is 7.34. The number of methoxy groups -OCH3 is 1. The van der Waals surface area contributed by atoms with Gasteiger partial charge in [0.2, 0.25) is 5.89 Å². The maximum absolute atomic E-state index is 5.33. The van der Waals surface area contributed by atoms with E-state index in [1.165, 1.54) is 0 Å².